The standard InChI is InChI=1S/C22H27ClN2OS/c1-16-8-4-6-10-18(16)20-14-25(13-12-24-20)21(26)22(2,3)27-15-17-9-5-7-11-19(17)23/h4-11,20,24H,12-15H2,1-3H3. The van der Waals surface area contributed by atoms with Gasteiger partial charge in [-0.2, -0.15) is 0 Å². The summed E-state index contributed by atoms with van der Waals surface area (Å²) in [7, 11) is 0. The molecule has 3 rings (SSSR count). The molecule has 1 amide bonds. The number of hydrogen-bond donors (Lipinski definition) is 1. The summed E-state index contributed by atoms with van der Waals surface area (Å²) in [4.78, 5) is 15.2. The highest BCUT2D eigenvalue weighted by Gasteiger charge is 2.35. The minimum absolute atomic E-state index is 0.188. The Labute approximate surface area is 171 Å². The molecule has 2 aromatic carbocycles. The summed E-state index contributed by atoms with van der Waals surface area (Å²) in [5.74, 6) is 0.922. The second-order valence-electron chi connectivity index (χ2n) is 7.50. The Balaban J connectivity index is 1.66. The van der Waals surface area contributed by atoms with E-state index in [0.29, 0.717) is 6.54 Å². The molecule has 0 spiro atoms. The molecule has 0 bridgehead atoms. The van der Waals surface area contributed by atoms with Crippen molar-refractivity contribution in [2.24, 2.45) is 0 Å². The monoisotopic (exact) mass is 402 g/mol. The van der Waals surface area contributed by atoms with Crippen LogP contribution in [0.3, 0.4) is 0 Å². The van der Waals surface area contributed by atoms with E-state index in [0.717, 1.165) is 29.4 Å². The zero-order valence-corrected chi connectivity index (χ0v) is 17.7. The number of nitrogens with zero attached hydrogens (tertiary/aromatic N) is 1. The van der Waals surface area contributed by atoms with Gasteiger partial charge in [0.25, 0.3) is 0 Å². The average molecular weight is 403 g/mol. The number of carbonyl (C=O) groups is 1. The fourth-order valence-electron chi connectivity index (χ4n) is 3.44. The van der Waals surface area contributed by atoms with Crippen molar-refractivity contribution < 1.29 is 4.79 Å². The van der Waals surface area contributed by atoms with Gasteiger partial charge in [0, 0.05) is 30.4 Å². The van der Waals surface area contributed by atoms with Crippen molar-refractivity contribution in [3.63, 3.8) is 0 Å². The van der Waals surface area contributed by atoms with Crippen LogP contribution in [-0.2, 0) is 10.5 Å². The predicted molar refractivity (Wildman–Crippen MR) is 115 cm³/mol. The summed E-state index contributed by atoms with van der Waals surface area (Å²) in [6.45, 7) is 8.43. The number of hydrogen-bond acceptors (Lipinski definition) is 3. The molecule has 1 saturated heterocycles. The lowest BCUT2D eigenvalue weighted by molar-refractivity contribution is -0.134. The van der Waals surface area contributed by atoms with E-state index in [1.807, 2.05) is 43.0 Å². The van der Waals surface area contributed by atoms with Crippen molar-refractivity contribution in [2.45, 2.75) is 37.3 Å². The molecule has 1 aliphatic heterocycles. The van der Waals surface area contributed by atoms with Gasteiger partial charge in [-0.05, 0) is 43.5 Å². The van der Waals surface area contributed by atoms with Crippen molar-refractivity contribution in [3.05, 3.63) is 70.2 Å². The van der Waals surface area contributed by atoms with Crippen LogP contribution in [0.4, 0.5) is 0 Å². The quantitative estimate of drug-likeness (QED) is 0.777. The van der Waals surface area contributed by atoms with Crippen LogP contribution in [0.1, 0.15) is 36.6 Å². The van der Waals surface area contributed by atoms with Crippen LogP contribution in [0.15, 0.2) is 48.5 Å². The maximum atomic E-state index is 13.2. The fourth-order valence-corrected chi connectivity index (χ4v) is 4.74. The van der Waals surface area contributed by atoms with Crippen molar-refractivity contribution >= 4 is 29.3 Å². The van der Waals surface area contributed by atoms with E-state index < -0.39 is 4.75 Å². The summed E-state index contributed by atoms with van der Waals surface area (Å²) in [5.41, 5.74) is 3.61. The summed E-state index contributed by atoms with van der Waals surface area (Å²) in [5, 5.41) is 4.32. The highest BCUT2D eigenvalue weighted by molar-refractivity contribution is 8.00. The summed E-state index contributed by atoms with van der Waals surface area (Å²) in [6, 6.07) is 16.4. The molecule has 1 unspecified atom stereocenters. The lowest BCUT2D eigenvalue weighted by Gasteiger charge is -2.38. The number of halogens is 1. The summed E-state index contributed by atoms with van der Waals surface area (Å²) >= 11 is 7.92. The van der Waals surface area contributed by atoms with Crippen LogP contribution in [-0.4, -0.2) is 35.2 Å². The SMILES string of the molecule is Cc1ccccc1C1CN(C(=O)C(C)(C)SCc2ccccc2Cl)CCN1. The van der Waals surface area contributed by atoms with Crippen LogP contribution in [0.2, 0.25) is 5.02 Å². The van der Waals surface area contributed by atoms with E-state index in [-0.39, 0.29) is 11.9 Å². The van der Waals surface area contributed by atoms with E-state index in [4.69, 9.17) is 11.6 Å². The van der Waals surface area contributed by atoms with Gasteiger partial charge in [0.15, 0.2) is 0 Å². The fraction of sp³-hybridized carbons (Fsp3) is 0.409. The minimum Gasteiger partial charge on any atom is -0.338 e. The molecule has 5 heteroatoms. The Kier molecular flexibility index (Phi) is 6.51. The van der Waals surface area contributed by atoms with Crippen molar-refractivity contribution in [1.29, 1.82) is 0 Å². The Bertz CT molecular complexity index is 808. The number of benzene rings is 2. The van der Waals surface area contributed by atoms with E-state index in [9.17, 15) is 4.79 Å². The largest absolute Gasteiger partial charge is 0.338 e. The first-order valence-corrected chi connectivity index (χ1v) is 10.7. The highest BCUT2D eigenvalue weighted by Crippen LogP contribution is 2.33. The first-order chi connectivity index (χ1) is 12.9. The maximum Gasteiger partial charge on any atom is 0.238 e. The molecule has 0 aromatic heterocycles. The van der Waals surface area contributed by atoms with Crippen LogP contribution in [0, 0.1) is 6.92 Å². The summed E-state index contributed by atoms with van der Waals surface area (Å²) in [6.07, 6.45) is 0. The van der Waals surface area contributed by atoms with E-state index in [1.165, 1.54) is 11.1 Å². The molecular weight excluding hydrogens is 376 g/mol. The third kappa shape index (κ3) is 4.87. The number of carbonyl (C=O) groups excluding carboxylic acids is 1. The number of aryl methyl sites for hydroxylation is 1. The molecule has 1 heterocycles. The topological polar surface area (TPSA) is 32.3 Å². The molecule has 3 nitrogen and oxygen atoms in total. The molecule has 1 aliphatic rings. The van der Waals surface area contributed by atoms with Gasteiger partial charge in [0.05, 0.1) is 10.8 Å². The molecule has 1 N–H and O–H groups in total. The zero-order chi connectivity index (χ0) is 19.4. The van der Waals surface area contributed by atoms with Gasteiger partial charge in [-0.15, -0.1) is 11.8 Å². The normalized spacial score (nSPS) is 17.8. The molecule has 0 saturated carbocycles. The number of nitrogens with one attached hydrogen (secondary N) is 1. The van der Waals surface area contributed by atoms with Crippen LogP contribution >= 0.6 is 23.4 Å². The Morgan fingerprint density at radius 3 is 2.67 bits per heavy atom. The average Bonchev–Trinajstić information content (AvgIpc) is 2.67. The Hall–Kier alpha value is -1.49. The van der Waals surface area contributed by atoms with Gasteiger partial charge in [-0.3, -0.25) is 4.79 Å². The van der Waals surface area contributed by atoms with Crippen molar-refractivity contribution in [2.75, 3.05) is 19.6 Å². The Morgan fingerprint density at radius 1 is 1.22 bits per heavy atom. The smallest absolute Gasteiger partial charge is 0.238 e. The van der Waals surface area contributed by atoms with Gasteiger partial charge < -0.3 is 10.2 Å². The van der Waals surface area contributed by atoms with E-state index >= 15 is 0 Å². The van der Waals surface area contributed by atoms with Gasteiger partial charge in [0.1, 0.15) is 0 Å². The van der Waals surface area contributed by atoms with Gasteiger partial charge in [-0.25, -0.2) is 0 Å². The van der Waals surface area contributed by atoms with Crippen LogP contribution in [0.25, 0.3) is 0 Å². The lowest BCUT2D eigenvalue weighted by atomic mass is 9.99. The second kappa shape index (κ2) is 8.68. The molecule has 27 heavy (non-hydrogen) atoms. The maximum absolute atomic E-state index is 13.2. The lowest BCUT2D eigenvalue weighted by Crippen LogP contribution is -2.53. The molecular formula is C22H27ClN2OS. The van der Waals surface area contributed by atoms with Gasteiger partial charge in [0.2, 0.25) is 5.91 Å². The van der Waals surface area contributed by atoms with Crippen LogP contribution < -0.4 is 5.32 Å². The first-order valence-electron chi connectivity index (χ1n) is 9.34. The van der Waals surface area contributed by atoms with Gasteiger partial charge in [-0.1, -0.05) is 54.1 Å². The zero-order valence-electron chi connectivity index (χ0n) is 16.2. The van der Waals surface area contributed by atoms with E-state index in [1.54, 1.807) is 11.8 Å². The molecule has 0 aliphatic carbocycles. The molecule has 0 radical (unpaired) electrons. The third-order valence-corrected chi connectivity index (χ3v) is 6.81. The van der Waals surface area contributed by atoms with Crippen molar-refractivity contribution in [1.82, 2.24) is 10.2 Å². The first kappa shape index (κ1) is 20.2. The van der Waals surface area contributed by atoms with Crippen LogP contribution in [0.5, 0.6) is 0 Å². The number of rotatable bonds is 5. The summed E-state index contributed by atoms with van der Waals surface area (Å²) < 4.78 is -0.493. The minimum atomic E-state index is -0.493. The molecule has 2 aromatic rings. The van der Waals surface area contributed by atoms with E-state index in [2.05, 4.69) is 36.5 Å². The molecule has 144 valence electrons. The second-order valence-corrected chi connectivity index (χ2v) is 9.51. The predicted octanol–water partition coefficient (Wildman–Crippen LogP) is 4.83. The number of piperazine rings is 1. The molecule has 1 fully saturated rings. The Morgan fingerprint density at radius 2 is 1.93 bits per heavy atom. The molecule has 1 atom stereocenters. The number of amides is 1. The number of thioether (sulfide) groups is 1. The van der Waals surface area contributed by atoms with Crippen molar-refractivity contribution in [3.8, 4) is 0 Å². The van der Waals surface area contributed by atoms with Gasteiger partial charge >= 0.3 is 0 Å². The third-order valence-electron chi connectivity index (χ3n) is 5.09. The highest BCUT2D eigenvalue weighted by atomic mass is 35.5.